The number of benzene rings is 6. The molecule has 6 aromatic carbocycles. The minimum absolute atomic E-state index is 1.14. The van der Waals surface area contributed by atoms with E-state index in [-0.39, 0.29) is 0 Å². The van der Waals surface area contributed by atoms with Gasteiger partial charge in [0.2, 0.25) is 0 Å². The topological polar surface area (TPSA) is 6.48 Å². The van der Waals surface area contributed by atoms with Crippen LogP contribution < -0.4 is 9.80 Å². The number of rotatable bonds is 7. The lowest BCUT2D eigenvalue weighted by Crippen LogP contribution is -2.11. The van der Waals surface area contributed by atoms with Crippen molar-refractivity contribution in [3.8, 4) is 11.1 Å². The van der Waals surface area contributed by atoms with Crippen molar-refractivity contribution in [1.82, 2.24) is 0 Å². The van der Waals surface area contributed by atoms with Gasteiger partial charge in [-0.2, -0.15) is 0 Å². The number of anilines is 6. The summed E-state index contributed by atoms with van der Waals surface area (Å²) in [4.78, 5) is 4.68. The van der Waals surface area contributed by atoms with Gasteiger partial charge in [0.05, 0.1) is 0 Å². The Kier molecular flexibility index (Phi) is 7.85. The molecule has 0 aliphatic carbocycles. The van der Waals surface area contributed by atoms with Gasteiger partial charge in [0, 0.05) is 34.1 Å². The van der Waals surface area contributed by atoms with Crippen LogP contribution in [0.1, 0.15) is 27.8 Å². The zero-order chi connectivity index (χ0) is 29.9. The van der Waals surface area contributed by atoms with Gasteiger partial charge in [0.15, 0.2) is 0 Å². The van der Waals surface area contributed by atoms with Gasteiger partial charge in [-0.1, -0.05) is 66.7 Å². The van der Waals surface area contributed by atoms with Crippen LogP contribution in [0, 0.1) is 34.6 Å². The molecule has 0 bridgehead atoms. The van der Waals surface area contributed by atoms with Crippen LogP contribution >= 0.6 is 0 Å². The summed E-state index contributed by atoms with van der Waals surface area (Å²) in [6, 6.07) is 50.6. The van der Waals surface area contributed by atoms with E-state index in [1.165, 1.54) is 38.9 Å². The van der Waals surface area contributed by atoms with Crippen LogP contribution in [0.25, 0.3) is 11.1 Å². The van der Waals surface area contributed by atoms with E-state index in [0.717, 1.165) is 34.1 Å². The molecule has 43 heavy (non-hydrogen) atoms. The minimum atomic E-state index is 1.14. The Morgan fingerprint density at radius 3 is 1.05 bits per heavy atom. The van der Waals surface area contributed by atoms with Crippen LogP contribution in [-0.4, -0.2) is 0 Å². The molecular weight excluding hydrogens is 520 g/mol. The smallest absolute Gasteiger partial charge is 0.0464 e. The summed E-state index contributed by atoms with van der Waals surface area (Å²) in [5, 5.41) is 0. The summed E-state index contributed by atoms with van der Waals surface area (Å²) in [6.07, 6.45) is 0. The predicted molar refractivity (Wildman–Crippen MR) is 185 cm³/mol. The second-order valence-electron chi connectivity index (χ2n) is 11.6. The summed E-state index contributed by atoms with van der Waals surface area (Å²) < 4.78 is 0. The lowest BCUT2D eigenvalue weighted by Gasteiger charge is -2.27. The Morgan fingerprint density at radius 1 is 0.326 bits per heavy atom. The van der Waals surface area contributed by atoms with E-state index in [2.05, 4.69) is 184 Å². The van der Waals surface area contributed by atoms with Gasteiger partial charge in [-0.3, -0.25) is 0 Å². The third-order valence-corrected chi connectivity index (χ3v) is 7.94. The maximum atomic E-state index is 2.35. The van der Waals surface area contributed by atoms with Crippen LogP contribution in [0.4, 0.5) is 34.1 Å². The molecule has 0 unspecified atom stereocenters. The van der Waals surface area contributed by atoms with Crippen molar-refractivity contribution in [3.63, 3.8) is 0 Å². The zero-order valence-corrected chi connectivity index (χ0v) is 25.7. The van der Waals surface area contributed by atoms with Gasteiger partial charge in [0.1, 0.15) is 0 Å². The Balaban J connectivity index is 1.37. The fourth-order valence-electron chi connectivity index (χ4n) is 5.86. The minimum Gasteiger partial charge on any atom is -0.310 e. The second-order valence-corrected chi connectivity index (χ2v) is 11.6. The van der Waals surface area contributed by atoms with Crippen molar-refractivity contribution in [2.45, 2.75) is 34.6 Å². The zero-order valence-electron chi connectivity index (χ0n) is 25.7. The molecule has 0 amide bonds. The summed E-state index contributed by atoms with van der Waals surface area (Å²) in [6.45, 7) is 10.8. The summed E-state index contributed by atoms with van der Waals surface area (Å²) in [5.41, 5.74) is 15.6. The van der Waals surface area contributed by atoms with Crippen molar-refractivity contribution < 1.29 is 0 Å². The van der Waals surface area contributed by atoms with Gasteiger partial charge in [-0.05, 0) is 146 Å². The first kappa shape index (κ1) is 28.1. The van der Waals surface area contributed by atoms with Crippen LogP contribution in [0.2, 0.25) is 0 Å². The molecule has 0 spiro atoms. The van der Waals surface area contributed by atoms with E-state index in [1.807, 2.05) is 0 Å². The van der Waals surface area contributed by atoms with E-state index in [9.17, 15) is 0 Å². The first-order valence-electron chi connectivity index (χ1n) is 14.9. The summed E-state index contributed by atoms with van der Waals surface area (Å²) in [7, 11) is 0. The maximum Gasteiger partial charge on any atom is 0.0464 e. The molecular formula is C41H38N2. The molecule has 2 nitrogen and oxygen atoms in total. The van der Waals surface area contributed by atoms with Crippen LogP contribution in [0.3, 0.4) is 0 Å². The first-order chi connectivity index (χ1) is 20.9. The average molecular weight is 559 g/mol. The van der Waals surface area contributed by atoms with Gasteiger partial charge in [0.25, 0.3) is 0 Å². The molecule has 0 heterocycles. The molecule has 0 saturated heterocycles. The fraction of sp³-hybridized carbons (Fsp3) is 0.122. The SMILES string of the molecule is Cc1cccc(N(c2ccc(-c3ccc(N(c4cccc(C)c4)c4cccc(C)c4)cc3C)cc2)c2cccc(C)c2)c1. The largest absolute Gasteiger partial charge is 0.310 e. The molecule has 6 aromatic rings. The number of aryl methyl sites for hydroxylation is 5. The van der Waals surface area contributed by atoms with Crippen molar-refractivity contribution in [3.05, 3.63) is 167 Å². The van der Waals surface area contributed by atoms with E-state index in [0.29, 0.717) is 0 Å². The van der Waals surface area contributed by atoms with Crippen molar-refractivity contribution in [2.24, 2.45) is 0 Å². The third-order valence-electron chi connectivity index (χ3n) is 7.94. The number of hydrogen-bond acceptors (Lipinski definition) is 2. The van der Waals surface area contributed by atoms with Crippen LogP contribution in [0.15, 0.2) is 140 Å². The lowest BCUT2D eigenvalue weighted by atomic mass is 9.98. The van der Waals surface area contributed by atoms with E-state index in [1.54, 1.807) is 0 Å². The average Bonchev–Trinajstić information content (AvgIpc) is 2.98. The Morgan fingerprint density at radius 2 is 0.674 bits per heavy atom. The van der Waals surface area contributed by atoms with Crippen molar-refractivity contribution in [1.29, 1.82) is 0 Å². The highest BCUT2D eigenvalue weighted by Gasteiger charge is 2.16. The summed E-state index contributed by atoms with van der Waals surface area (Å²) in [5.74, 6) is 0. The molecule has 0 atom stereocenters. The van der Waals surface area contributed by atoms with Gasteiger partial charge in [-0.15, -0.1) is 0 Å². The standard InChI is InChI=1S/C41H38N2/c1-29-10-6-14-36(24-29)42(37-15-7-11-30(2)25-37)35-20-18-34(19-21-35)41-23-22-40(28-33(41)5)43(38-16-8-12-31(3)26-38)39-17-9-13-32(4)27-39/h6-28H,1-5H3. The van der Waals surface area contributed by atoms with E-state index >= 15 is 0 Å². The number of hydrogen-bond donors (Lipinski definition) is 0. The first-order valence-corrected chi connectivity index (χ1v) is 14.9. The van der Waals surface area contributed by atoms with Crippen LogP contribution in [-0.2, 0) is 0 Å². The monoisotopic (exact) mass is 558 g/mol. The highest BCUT2D eigenvalue weighted by Crippen LogP contribution is 2.39. The molecule has 0 N–H and O–H groups in total. The van der Waals surface area contributed by atoms with E-state index in [4.69, 9.17) is 0 Å². The Hall–Kier alpha value is -5.08. The maximum absolute atomic E-state index is 2.35. The van der Waals surface area contributed by atoms with Crippen molar-refractivity contribution in [2.75, 3.05) is 9.80 Å². The quantitative estimate of drug-likeness (QED) is 0.192. The Bertz CT molecular complexity index is 1790. The normalized spacial score (nSPS) is 10.9. The third kappa shape index (κ3) is 6.10. The predicted octanol–water partition coefficient (Wildman–Crippen LogP) is 11.8. The fourth-order valence-corrected chi connectivity index (χ4v) is 5.86. The molecule has 0 aromatic heterocycles. The van der Waals surface area contributed by atoms with Crippen LogP contribution in [0.5, 0.6) is 0 Å². The van der Waals surface area contributed by atoms with Gasteiger partial charge >= 0.3 is 0 Å². The molecule has 0 radical (unpaired) electrons. The highest BCUT2D eigenvalue weighted by atomic mass is 15.1. The molecule has 0 fully saturated rings. The second kappa shape index (κ2) is 12.0. The number of nitrogens with zero attached hydrogens (tertiary/aromatic N) is 2. The van der Waals surface area contributed by atoms with E-state index < -0.39 is 0 Å². The molecule has 0 aliphatic rings. The molecule has 0 saturated carbocycles. The van der Waals surface area contributed by atoms with Gasteiger partial charge < -0.3 is 9.80 Å². The molecule has 212 valence electrons. The molecule has 0 aliphatic heterocycles. The van der Waals surface area contributed by atoms with Gasteiger partial charge in [-0.25, -0.2) is 0 Å². The molecule has 2 heteroatoms. The molecule has 6 rings (SSSR count). The Labute approximate surface area is 256 Å². The van der Waals surface area contributed by atoms with Crippen molar-refractivity contribution >= 4 is 34.1 Å². The summed E-state index contributed by atoms with van der Waals surface area (Å²) >= 11 is 0. The highest BCUT2D eigenvalue weighted by molar-refractivity contribution is 5.82. The lowest BCUT2D eigenvalue weighted by molar-refractivity contribution is 1.25.